The van der Waals surface area contributed by atoms with Crippen LogP contribution in [0.3, 0.4) is 0 Å². The van der Waals surface area contributed by atoms with Gasteiger partial charge in [-0.05, 0) is 61.6 Å². The van der Waals surface area contributed by atoms with E-state index in [1.807, 2.05) is 6.07 Å². The zero-order chi connectivity index (χ0) is 17.9. The molecule has 1 heterocycles. The van der Waals surface area contributed by atoms with Gasteiger partial charge in [-0.1, -0.05) is 24.4 Å². The van der Waals surface area contributed by atoms with Crippen molar-refractivity contribution in [3.8, 4) is 0 Å². The zero-order valence-electron chi connectivity index (χ0n) is 13.5. The molecule has 1 amide bonds. The van der Waals surface area contributed by atoms with Crippen molar-refractivity contribution in [2.75, 3.05) is 0 Å². The minimum absolute atomic E-state index is 0.0376. The number of halogens is 1. The summed E-state index contributed by atoms with van der Waals surface area (Å²) in [6, 6.07) is 7.62. The fraction of sp³-hybridized carbons (Fsp3) is 0.353. The molecule has 1 aliphatic rings. The first-order valence-corrected chi connectivity index (χ1v) is 10.8. The van der Waals surface area contributed by atoms with E-state index in [4.69, 9.17) is 11.6 Å². The molecule has 0 saturated heterocycles. The standard InChI is InChI=1S/C17H19ClN2O3S2/c18-13-7-9-14(10-8-13)25(22,23)20-19-17(21)16-11-12-5-3-1-2-4-6-15(12)24-16/h7-11,20H,1-6H2,(H,19,21). The van der Waals surface area contributed by atoms with E-state index in [2.05, 4.69) is 10.3 Å². The second-order valence-electron chi connectivity index (χ2n) is 5.99. The van der Waals surface area contributed by atoms with Crippen molar-refractivity contribution < 1.29 is 13.2 Å². The second kappa shape index (κ2) is 7.86. The average Bonchev–Trinajstić information content (AvgIpc) is 2.95. The number of thiophene rings is 1. The van der Waals surface area contributed by atoms with Crippen molar-refractivity contribution in [1.29, 1.82) is 0 Å². The molecule has 0 fully saturated rings. The van der Waals surface area contributed by atoms with Gasteiger partial charge in [-0.15, -0.1) is 16.2 Å². The van der Waals surface area contributed by atoms with Gasteiger partial charge in [0.25, 0.3) is 15.9 Å². The Balaban J connectivity index is 1.68. The molecule has 134 valence electrons. The Morgan fingerprint density at radius 2 is 1.72 bits per heavy atom. The molecule has 0 unspecified atom stereocenters. The second-order valence-corrected chi connectivity index (χ2v) is 9.24. The van der Waals surface area contributed by atoms with E-state index in [-0.39, 0.29) is 4.90 Å². The van der Waals surface area contributed by atoms with E-state index >= 15 is 0 Å². The van der Waals surface area contributed by atoms with Crippen LogP contribution in [0.4, 0.5) is 0 Å². The average molecular weight is 399 g/mol. The number of rotatable bonds is 4. The highest BCUT2D eigenvalue weighted by atomic mass is 35.5. The van der Waals surface area contributed by atoms with E-state index in [0.717, 1.165) is 25.7 Å². The van der Waals surface area contributed by atoms with Crippen LogP contribution in [0.5, 0.6) is 0 Å². The maximum atomic E-state index is 12.3. The lowest BCUT2D eigenvalue weighted by atomic mass is 10.00. The number of amides is 1. The van der Waals surface area contributed by atoms with Gasteiger partial charge in [0.2, 0.25) is 0 Å². The lowest BCUT2D eigenvalue weighted by molar-refractivity contribution is 0.0949. The van der Waals surface area contributed by atoms with Crippen LogP contribution in [0, 0.1) is 0 Å². The Morgan fingerprint density at radius 3 is 2.44 bits per heavy atom. The molecule has 3 rings (SSSR count). The topological polar surface area (TPSA) is 75.3 Å². The van der Waals surface area contributed by atoms with Crippen molar-refractivity contribution in [2.45, 2.75) is 43.4 Å². The van der Waals surface area contributed by atoms with Gasteiger partial charge in [0.05, 0.1) is 9.77 Å². The summed E-state index contributed by atoms with van der Waals surface area (Å²) in [7, 11) is -3.83. The predicted molar refractivity (Wildman–Crippen MR) is 99.4 cm³/mol. The molecular weight excluding hydrogens is 380 g/mol. The van der Waals surface area contributed by atoms with Crippen LogP contribution in [0.25, 0.3) is 0 Å². The van der Waals surface area contributed by atoms with Crippen molar-refractivity contribution in [2.24, 2.45) is 0 Å². The summed E-state index contributed by atoms with van der Waals surface area (Å²) in [5.41, 5.74) is 3.51. The van der Waals surface area contributed by atoms with E-state index in [1.165, 1.54) is 58.9 Å². The molecule has 8 heteroatoms. The van der Waals surface area contributed by atoms with Crippen LogP contribution < -0.4 is 10.3 Å². The first kappa shape index (κ1) is 18.4. The van der Waals surface area contributed by atoms with Crippen molar-refractivity contribution in [3.63, 3.8) is 0 Å². The number of nitrogens with one attached hydrogen (secondary N) is 2. The molecule has 1 aromatic heterocycles. The zero-order valence-corrected chi connectivity index (χ0v) is 15.9. The Morgan fingerprint density at radius 1 is 1.04 bits per heavy atom. The maximum absolute atomic E-state index is 12.3. The van der Waals surface area contributed by atoms with Crippen molar-refractivity contribution in [3.05, 3.63) is 50.7 Å². The van der Waals surface area contributed by atoms with Crippen LogP contribution >= 0.6 is 22.9 Å². The molecule has 5 nitrogen and oxygen atoms in total. The van der Waals surface area contributed by atoms with Gasteiger partial charge in [-0.2, -0.15) is 0 Å². The number of hydrazine groups is 1. The minimum Gasteiger partial charge on any atom is -0.273 e. The van der Waals surface area contributed by atoms with Crippen LogP contribution in [0.15, 0.2) is 35.2 Å². The van der Waals surface area contributed by atoms with Crippen LogP contribution in [0.1, 0.15) is 45.8 Å². The molecule has 1 aliphatic carbocycles. The summed E-state index contributed by atoms with van der Waals surface area (Å²) in [6.07, 6.45) is 6.68. The fourth-order valence-corrected chi connectivity index (χ4v) is 4.92. The highest BCUT2D eigenvalue weighted by Crippen LogP contribution is 2.28. The van der Waals surface area contributed by atoms with Gasteiger partial charge >= 0.3 is 0 Å². The van der Waals surface area contributed by atoms with E-state index < -0.39 is 15.9 Å². The van der Waals surface area contributed by atoms with Gasteiger partial charge in [-0.25, -0.2) is 8.42 Å². The Bertz CT molecular complexity index is 835. The van der Waals surface area contributed by atoms with Crippen molar-refractivity contribution in [1.82, 2.24) is 10.3 Å². The largest absolute Gasteiger partial charge is 0.276 e. The predicted octanol–water partition coefficient (Wildman–Crippen LogP) is 3.68. The summed E-state index contributed by atoms with van der Waals surface area (Å²) < 4.78 is 24.4. The molecule has 0 bridgehead atoms. The number of aryl methyl sites for hydroxylation is 2. The Labute approximate surface area is 156 Å². The first-order valence-electron chi connectivity index (χ1n) is 8.15. The highest BCUT2D eigenvalue weighted by molar-refractivity contribution is 7.89. The van der Waals surface area contributed by atoms with Crippen molar-refractivity contribution >= 4 is 38.9 Å². The Kier molecular flexibility index (Phi) is 5.78. The minimum atomic E-state index is -3.83. The van der Waals surface area contributed by atoms with Gasteiger partial charge in [0.15, 0.2) is 0 Å². The Hall–Kier alpha value is -1.41. The van der Waals surface area contributed by atoms with Gasteiger partial charge < -0.3 is 0 Å². The summed E-state index contributed by atoms with van der Waals surface area (Å²) in [5.74, 6) is -0.436. The number of benzene rings is 1. The van der Waals surface area contributed by atoms with E-state index in [1.54, 1.807) is 0 Å². The summed E-state index contributed by atoms with van der Waals surface area (Å²) in [4.78, 5) is 16.3. The quantitative estimate of drug-likeness (QED) is 0.771. The van der Waals surface area contributed by atoms with Crippen LogP contribution in [-0.4, -0.2) is 14.3 Å². The van der Waals surface area contributed by atoms with E-state index in [0.29, 0.717) is 9.90 Å². The number of hydrogen-bond acceptors (Lipinski definition) is 4. The van der Waals surface area contributed by atoms with Crippen LogP contribution in [0.2, 0.25) is 5.02 Å². The molecular formula is C17H19ClN2O3S2. The first-order chi connectivity index (χ1) is 12.0. The maximum Gasteiger partial charge on any atom is 0.276 e. The third-order valence-corrected chi connectivity index (χ3v) is 6.89. The fourth-order valence-electron chi connectivity index (χ4n) is 2.80. The molecule has 0 radical (unpaired) electrons. The summed E-state index contributed by atoms with van der Waals surface area (Å²) in [5, 5.41) is 0.444. The van der Waals surface area contributed by atoms with Gasteiger partial charge in [0, 0.05) is 9.90 Å². The smallest absolute Gasteiger partial charge is 0.273 e. The number of carbonyl (C=O) groups excluding carboxylic acids is 1. The molecule has 0 saturated carbocycles. The lowest BCUT2D eigenvalue weighted by Gasteiger charge is -2.07. The molecule has 0 atom stereocenters. The van der Waals surface area contributed by atoms with Crippen LogP contribution in [-0.2, 0) is 22.9 Å². The van der Waals surface area contributed by atoms with Gasteiger partial charge in [0.1, 0.15) is 0 Å². The molecule has 2 N–H and O–H groups in total. The number of fused-ring (bicyclic) bond motifs is 1. The molecule has 2 aromatic rings. The molecule has 1 aromatic carbocycles. The number of hydrogen-bond donors (Lipinski definition) is 2. The normalized spacial score (nSPS) is 15.1. The number of carbonyl (C=O) groups is 1. The van der Waals surface area contributed by atoms with Gasteiger partial charge in [-0.3, -0.25) is 10.2 Å². The summed E-state index contributed by atoms with van der Waals surface area (Å²) >= 11 is 7.21. The highest BCUT2D eigenvalue weighted by Gasteiger charge is 2.19. The molecule has 0 spiro atoms. The summed E-state index contributed by atoms with van der Waals surface area (Å²) in [6.45, 7) is 0. The monoisotopic (exact) mass is 398 g/mol. The third kappa shape index (κ3) is 4.61. The number of sulfonamides is 1. The van der Waals surface area contributed by atoms with E-state index in [9.17, 15) is 13.2 Å². The lowest BCUT2D eigenvalue weighted by Crippen LogP contribution is -2.41. The molecule has 25 heavy (non-hydrogen) atoms. The molecule has 0 aliphatic heterocycles. The SMILES string of the molecule is O=C(NNS(=O)(=O)c1ccc(Cl)cc1)c1cc2c(s1)CCCCCC2. The third-order valence-electron chi connectivity index (χ3n) is 4.14.